The highest BCUT2D eigenvalue weighted by atomic mass is 32.2. The maximum absolute atomic E-state index is 13.1. The van der Waals surface area contributed by atoms with Gasteiger partial charge in [-0.15, -0.1) is 0 Å². The van der Waals surface area contributed by atoms with Gasteiger partial charge in [-0.25, -0.2) is 8.42 Å². The van der Waals surface area contributed by atoms with Crippen LogP contribution in [0.3, 0.4) is 0 Å². The van der Waals surface area contributed by atoms with Crippen LogP contribution >= 0.6 is 0 Å². The average Bonchev–Trinajstić information content (AvgIpc) is 3.20. The lowest BCUT2D eigenvalue weighted by molar-refractivity contribution is -0.137. The van der Waals surface area contributed by atoms with E-state index in [0.717, 1.165) is 25.2 Å². The molecule has 24 heavy (non-hydrogen) atoms. The maximum atomic E-state index is 13.1. The van der Waals surface area contributed by atoms with Crippen molar-refractivity contribution in [2.45, 2.75) is 31.6 Å². The Balaban J connectivity index is 1.89. The summed E-state index contributed by atoms with van der Waals surface area (Å²) in [6.07, 6.45) is -1.79. The van der Waals surface area contributed by atoms with Crippen LogP contribution < -0.4 is 0 Å². The summed E-state index contributed by atoms with van der Waals surface area (Å²) in [5.41, 5.74) is -0.846. The van der Waals surface area contributed by atoms with Crippen LogP contribution in [0.15, 0.2) is 40.8 Å². The van der Waals surface area contributed by atoms with E-state index in [4.69, 9.17) is 4.42 Å². The number of nitrogens with zero attached hydrogens (tertiary/aromatic N) is 1. The van der Waals surface area contributed by atoms with Crippen LogP contribution in [-0.4, -0.2) is 25.0 Å². The van der Waals surface area contributed by atoms with Gasteiger partial charge < -0.3 is 4.42 Å². The third kappa shape index (κ3) is 3.64. The van der Waals surface area contributed by atoms with Gasteiger partial charge in [0, 0.05) is 11.6 Å². The van der Waals surface area contributed by atoms with Crippen molar-refractivity contribution < 1.29 is 26.0 Å². The van der Waals surface area contributed by atoms with Crippen molar-refractivity contribution in [3.63, 3.8) is 0 Å². The van der Waals surface area contributed by atoms with Gasteiger partial charge in [0.05, 0.1) is 18.4 Å². The van der Waals surface area contributed by atoms with E-state index in [1.54, 1.807) is 0 Å². The molecule has 1 aliphatic carbocycles. The van der Waals surface area contributed by atoms with E-state index in [1.165, 1.54) is 34.6 Å². The van der Waals surface area contributed by atoms with Crippen molar-refractivity contribution in [2.24, 2.45) is 0 Å². The summed E-state index contributed by atoms with van der Waals surface area (Å²) < 4.78 is 69.7. The quantitative estimate of drug-likeness (QED) is 0.814. The van der Waals surface area contributed by atoms with Crippen LogP contribution in [-0.2, 0) is 22.7 Å². The molecule has 4 nitrogen and oxygen atoms in total. The van der Waals surface area contributed by atoms with E-state index in [0.29, 0.717) is 5.76 Å². The summed E-state index contributed by atoms with van der Waals surface area (Å²) >= 11 is 0. The molecule has 2 aromatic rings. The number of hydrogen-bond donors (Lipinski definition) is 0. The minimum atomic E-state index is -4.49. The van der Waals surface area contributed by atoms with Crippen LogP contribution in [0.5, 0.6) is 0 Å². The zero-order valence-electron chi connectivity index (χ0n) is 12.9. The third-order valence-corrected chi connectivity index (χ3v) is 5.13. The number of benzene rings is 1. The first-order chi connectivity index (χ1) is 11.2. The third-order valence-electron chi connectivity index (χ3n) is 3.85. The number of rotatable bonds is 5. The molecule has 130 valence electrons. The second-order valence-electron chi connectivity index (χ2n) is 5.85. The van der Waals surface area contributed by atoms with Gasteiger partial charge in [-0.05, 0) is 31.0 Å². The van der Waals surface area contributed by atoms with Crippen LogP contribution in [0.1, 0.15) is 24.2 Å². The standard InChI is InChI=1S/C16H16F3NO3S/c1-24(21,22)20(11-6-7-11)10-12-8-9-15(23-12)13-4-2-3-5-14(13)16(17,18)19/h2-5,8-9,11H,6-7,10H2,1H3. The summed E-state index contributed by atoms with van der Waals surface area (Å²) in [5.74, 6) is 0.390. The highest BCUT2D eigenvalue weighted by Crippen LogP contribution is 2.38. The Labute approximate surface area is 137 Å². The van der Waals surface area contributed by atoms with Gasteiger partial charge >= 0.3 is 6.18 Å². The predicted octanol–water partition coefficient (Wildman–Crippen LogP) is 3.89. The highest BCUT2D eigenvalue weighted by molar-refractivity contribution is 7.88. The summed E-state index contributed by atoms with van der Waals surface area (Å²) in [7, 11) is -3.39. The molecule has 0 spiro atoms. The summed E-state index contributed by atoms with van der Waals surface area (Å²) in [4.78, 5) is 0. The molecule has 0 atom stereocenters. The fraction of sp³-hybridized carbons (Fsp3) is 0.375. The fourth-order valence-electron chi connectivity index (χ4n) is 2.59. The van der Waals surface area contributed by atoms with Crippen molar-refractivity contribution in [1.29, 1.82) is 0 Å². The summed E-state index contributed by atoms with van der Waals surface area (Å²) in [6, 6.07) is 8.05. The molecular formula is C16H16F3NO3S. The van der Waals surface area contributed by atoms with Crippen molar-refractivity contribution >= 4 is 10.0 Å². The van der Waals surface area contributed by atoms with Gasteiger partial charge in [0.2, 0.25) is 10.0 Å². The molecule has 1 fully saturated rings. The molecule has 0 aliphatic heterocycles. The summed E-state index contributed by atoms with van der Waals surface area (Å²) in [5, 5.41) is 0. The Bertz CT molecular complexity index is 838. The average molecular weight is 359 g/mol. The smallest absolute Gasteiger partial charge is 0.417 e. The molecule has 0 amide bonds. The number of sulfonamides is 1. The zero-order chi connectivity index (χ0) is 17.5. The van der Waals surface area contributed by atoms with Crippen molar-refractivity contribution in [2.75, 3.05) is 6.26 Å². The zero-order valence-corrected chi connectivity index (χ0v) is 13.7. The molecule has 8 heteroatoms. The first kappa shape index (κ1) is 17.0. The number of hydrogen-bond acceptors (Lipinski definition) is 3. The minimum absolute atomic E-state index is 0.0255. The molecular weight excluding hydrogens is 343 g/mol. The Morgan fingerprint density at radius 1 is 1.17 bits per heavy atom. The van der Waals surface area contributed by atoms with Gasteiger partial charge in [-0.1, -0.05) is 18.2 Å². The van der Waals surface area contributed by atoms with E-state index in [2.05, 4.69) is 0 Å². The Kier molecular flexibility index (Phi) is 4.21. The van der Waals surface area contributed by atoms with Crippen molar-refractivity contribution in [1.82, 2.24) is 4.31 Å². The van der Waals surface area contributed by atoms with Gasteiger partial charge in [0.15, 0.2) is 0 Å². The molecule has 1 saturated carbocycles. The fourth-order valence-corrected chi connectivity index (χ4v) is 3.70. The lowest BCUT2D eigenvalue weighted by atomic mass is 10.1. The van der Waals surface area contributed by atoms with Gasteiger partial charge in [-0.2, -0.15) is 17.5 Å². The monoisotopic (exact) mass is 359 g/mol. The Morgan fingerprint density at radius 2 is 1.83 bits per heavy atom. The lowest BCUT2D eigenvalue weighted by Crippen LogP contribution is -2.31. The van der Waals surface area contributed by atoms with E-state index in [1.807, 2.05) is 0 Å². The topological polar surface area (TPSA) is 50.5 Å². The van der Waals surface area contributed by atoms with Crippen LogP contribution in [0, 0.1) is 0 Å². The highest BCUT2D eigenvalue weighted by Gasteiger charge is 2.36. The van der Waals surface area contributed by atoms with Crippen LogP contribution in [0.2, 0.25) is 0 Å². The van der Waals surface area contributed by atoms with Gasteiger partial charge in [0.1, 0.15) is 11.5 Å². The normalized spacial score (nSPS) is 15.9. The molecule has 1 heterocycles. The predicted molar refractivity (Wildman–Crippen MR) is 82.6 cm³/mol. The molecule has 0 radical (unpaired) electrons. The van der Waals surface area contributed by atoms with E-state index >= 15 is 0 Å². The molecule has 0 N–H and O–H groups in total. The molecule has 0 unspecified atom stereocenters. The lowest BCUT2D eigenvalue weighted by Gasteiger charge is -2.17. The molecule has 0 saturated heterocycles. The van der Waals surface area contributed by atoms with E-state index < -0.39 is 21.8 Å². The number of halogens is 3. The number of furan rings is 1. The number of alkyl halides is 3. The van der Waals surface area contributed by atoms with Crippen molar-refractivity contribution in [3.05, 3.63) is 47.7 Å². The van der Waals surface area contributed by atoms with Gasteiger partial charge in [-0.3, -0.25) is 0 Å². The minimum Gasteiger partial charge on any atom is -0.460 e. The Hall–Kier alpha value is -1.80. The maximum Gasteiger partial charge on any atom is 0.417 e. The van der Waals surface area contributed by atoms with Crippen LogP contribution in [0.25, 0.3) is 11.3 Å². The second-order valence-corrected chi connectivity index (χ2v) is 7.78. The SMILES string of the molecule is CS(=O)(=O)N(Cc1ccc(-c2ccccc2C(F)(F)F)o1)C1CC1. The first-order valence-corrected chi connectivity index (χ1v) is 9.23. The molecule has 1 aliphatic rings. The second kappa shape index (κ2) is 5.93. The molecule has 1 aromatic carbocycles. The van der Waals surface area contributed by atoms with Crippen LogP contribution in [0.4, 0.5) is 13.2 Å². The largest absolute Gasteiger partial charge is 0.460 e. The van der Waals surface area contributed by atoms with Gasteiger partial charge in [0.25, 0.3) is 0 Å². The molecule has 3 rings (SSSR count). The first-order valence-electron chi connectivity index (χ1n) is 7.38. The Morgan fingerprint density at radius 3 is 2.42 bits per heavy atom. The summed E-state index contributed by atoms with van der Waals surface area (Å²) in [6.45, 7) is 0.0255. The van der Waals surface area contributed by atoms with E-state index in [9.17, 15) is 21.6 Å². The molecule has 1 aromatic heterocycles. The van der Waals surface area contributed by atoms with E-state index in [-0.39, 0.29) is 23.9 Å². The molecule has 0 bridgehead atoms. The van der Waals surface area contributed by atoms with Crippen molar-refractivity contribution in [3.8, 4) is 11.3 Å².